The highest BCUT2D eigenvalue weighted by molar-refractivity contribution is 6.36. The van der Waals surface area contributed by atoms with Crippen LogP contribution in [0.25, 0.3) is 16.8 Å². The Hall–Kier alpha value is -3.35. The van der Waals surface area contributed by atoms with Gasteiger partial charge in [-0.2, -0.15) is 0 Å². The van der Waals surface area contributed by atoms with Gasteiger partial charge in [0, 0.05) is 10.6 Å². The van der Waals surface area contributed by atoms with E-state index in [-0.39, 0.29) is 23.0 Å². The number of rotatable bonds is 4. The molecule has 30 heavy (non-hydrogen) atoms. The molecule has 0 spiro atoms. The Bertz CT molecular complexity index is 1210. The number of carbonyl (C=O) groups excluding carboxylic acids is 3. The summed E-state index contributed by atoms with van der Waals surface area (Å²) in [6.45, 7) is 0.204. The summed E-state index contributed by atoms with van der Waals surface area (Å²) in [5.74, 6) is -1.38. The van der Waals surface area contributed by atoms with E-state index >= 15 is 0 Å². The number of fused-ring (bicyclic) bond motifs is 1. The van der Waals surface area contributed by atoms with Crippen molar-refractivity contribution >= 4 is 57.9 Å². The van der Waals surface area contributed by atoms with Crippen LogP contribution < -0.4 is 15.4 Å². The van der Waals surface area contributed by atoms with Crippen LogP contribution in [-0.4, -0.2) is 17.8 Å². The summed E-state index contributed by atoms with van der Waals surface area (Å²) < 4.78 is 5.98. The van der Waals surface area contributed by atoms with Gasteiger partial charge in [0.05, 0.1) is 5.02 Å². The van der Waals surface area contributed by atoms with E-state index in [9.17, 15) is 14.4 Å². The molecule has 0 atom stereocenters. The normalized spacial score (nSPS) is 13.8. The Balaban J connectivity index is 1.70. The van der Waals surface area contributed by atoms with Gasteiger partial charge in [0.15, 0.2) is 0 Å². The molecule has 0 aromatic heterocycles. The first kappa shape index (κ1) is 19.9. The van der Waals surface area contributed by atoms with Gasteiger partial charge in [-0.25, -0.2) is 4.79 Å². The van der Waals surface area contributed by atoms with E-state index in [1.165, 1.54) is 18.2 Å². The summed E-state index contributed by atoms with van der Waals surface area (Å²) in [5, 5.41) is 6.68. The molecule has 4 amide bonds. The number of amides is 4. The van der Waals surface area contributed by atoms with E-state index in [2.05, 4.69) is 0 Å². The second kappa shape index (κ2) is 8.18. The smallest absolute Gasteiger partial charge is 0.328 e. The maximum absolute atomic E-state index is 12.1. The lowest BCUT2D eigenvalue weighted by Crippen LogP contribution is -2.51. The molecule has 1 aliphatic rings. The highest BCUT2D eigenvalue weighted by atomic mass is 35.5. The molecule has 1 aliphatic heterocycles. The topological polar surface area (TPSA) is 84.5 Å². The molecular weight excluding hydrogens is 427 g/mol. The summed E-state index contributed by atoms with van der Waals surface area (Å²) >= 11 is 12.4. The van der Waals surface area contributed by atoms with Crippen LogP contribution in [0, 0.1) is 0 Å². The van der Waals surface area contributed by atoms with Crippen LogP contribution in [0.1, 0.15) is 11.1 Å². The lowest BCUT2D eigenvalue weighted by molar-refractivity contribution is -0.123. The Kier molecular flexibility index (Phi) is 5.44. The molecule has 1 fully saturated rings. The lowest BCUT2D eigenvalue weighted by atomic mass is 10.1. The van der Waals surface area contributed by atoms with Crippen molar-refractivity contribution in [1.29, 1.82) is 0 Å². The number of hydrogen-bond donors (Lipinski definition) is 2. The molecular formula is C22H14Cl2N2O4. The van der Waals surface area contributed by atoms with E-state index < -0.39 is 17.8 Å². The van der Waals surface area contributed by atoms with E-state index in [1.807, 2.05) is 53.1 Å². The van der Waals surface area contributed by atoms with Crippen molar-refractivity contribution in [3.8, 4) is 5.75 Å². The highest BCUT2D eigenvalue weighted by Crippen LogP contribution is 2.35. The van der Waals surface area contributed by atoms with Crippen LogP contribution in [0.5, 0.6) is 5.75 Å². The van der Waals surface area contributed by atoms with E-state index in [0.717, 1.165) is 16.3 Å². The van der Waals surface area contributed by atoms with Crippen molar-refractivity contribution in [2.75, 3.05) is 0 Å². The zero-order valence-electron chi connectivity index (χ0n) is 15.4. The predicted molar refractivity (Wildman–Crippen MR) is 114 cm³/mol. The standard InChI is InChI=1S/C22H14Cl2N2O4/c23-15-8-14(9-17-20(27)25-22(29)26-21(17)28)19(18(24)10-15)30-11-13-6-3-5-12-4-1-2-7-16(12)13/h1-10H,11H2,(H2,25,26,27,28,29). The predicted octanol–water partition coefficient (Wildman–Crippen LogP) is 4.48. The molecule has 3 aromatic rings. The third-order valence-electron chi connectivity index (χ3n) is 4.53. The molecule has 150 valence electrons. The Morgan fingerprint density at radius 3 is 2.37 bits per heavy atom. The summed E-state index contributed by atoms with van der Waals surface area (Å²) in [6.07, 6.45) is 1.29. The lowest BCUT2D eigenvalue weighted by Gasteiger charge is -2.16. The summed E-state index contributed by atoms with van der Waals surface area (Å²) in [7, 11) is 0. The van der Waals surface area contributed by atoms with Gasteiger partial charge >= 0.3 is 6.03 Å². The van der Waals surface area contributed by atoms with Crippen molar-refractivity contribution in [3.05, 3.63) is 81.3 Å². The number of hydrogen-bond acceptors (Lipinski definition) is 4. The van der Waals surface area contributed by atoms with Crippen molar-refractivity contribution in [3.63, 3.8) is 0 Å². The molecule has 0 bridgehead atoms. The quantitative estimate of drug-likeness (QED) is 0.462. The maximum atomic E-state index is 12.1. The number of nitrogens with one attached hydrogen (secondary N) is 2. The van der Waals surface area contributed by atoms with Gasteiger partial charge in [-0.1, -0.05) is 65.7 Å². The van der Waals surface area contributed by atoms with Gasteiger partial charge in [0.1, 0.15) is 17.9 Å². The summed E-state index contributed by atoms with van der Waals surface area (Å²) in [6, 6.07) is 15.9. The van der Waals surface area contributed by atoms with Crippen molar-refractivity contribution in [2.24, 2.45) is 0 Å². The first-order chi connectivity index (χ1) is 14.4. The third-order valence-corrected chi connectivity index (χ3v) is 5.03. The number of barbiturate groups is 1. The Morgan fingerprint density at radius 1 is 0.900 bits per heavy atom. The number of urea groups is 1. The van der Waals surface area contributed by atoms with Crippen LogP contribution in [0.15, 0.2) is 60.2 Å². The van der Waals surface area contributed by atoms with E-state index in [4.69, 9.17) is 27.9 Å². The van der Waals surface area contributed by atoms with Gasteiger partial charge < -0.3 is 4.74 Å². The molecule has 0 radical (unpaired) electrons. The SMILES string of the molecule is O=C1NC(=O)C(=Cc2cc(Cl)cc(Cl)c2OCc2cccc3ccccc23)C(=O)N1. The minimum absolute atomic E-state index is 0.204. The first-order valence-corrected chi connectivity index (χ1v) is 9.65. The Morgan fingerprint density at radius 2 is 1.60 bits per heavy atom. The van der Waals surface area contributed by atoms with E-state index in [1.54, 1.807) is 0 Å². The van der Waals surface area contributed by atoms with Crippen LogP contribution in [-0.2, 0) is 16.2 Å². The highest BCUT2D eigenvalue weighted by Gasteiger charge is 2.28. The molecule has 1 heterocycles. The summed E-state index contributed by atoms with van der Waals surface area (Å²) in [5.41, 5.74) is 1.02. The van der Waals surface area contributed by atoms with Crippen molar-refractivity contribution in [2.45, 2.75) is 6.61 Å². The first-order valence-electron chi connectivity index (χ1n) is 8.89. The van der Waals surface area contributed by atoms with Gasteiger partial charge in [-0.05, 0) is 34.5 Å². The largest absolute Gasteiger partial charge is 0.487 e. The second-order valence-electron chi connectivity index (χ2n) is 6.53. The summed E-state index contributed by atoms with van der Waals surface area (Å²) in [4.78, 5) is 35.4. The van der Waals surface area contributed by atoms with Crippen LogP contribution >= 0.6 is 23.2 Å². The van der Waals surface area contributed by atoms with Crippen LogP contribution in [0.4, 0.5) is 4.79 Å². The number of imide groups is 2. The van der Waals surface area contributed by atoms with Gasteiger partial charge in [-0.3, -0.25) is 20.2 Å². The molecule has 0 aliphatic carbocycles. The van der Waals surface area contributed by atoms with Gasteiger partial charge in [-0.15, -0.1) is 0 Å². The molecule has 4 rings (SSSR count). The number of benzene rings is 3. The monoisotopic (exact) mass is 440 g/mol. The van der Waals surface area contributed by atoms with Gasteiger partial charge in [0.2, 0.25) is 0 Å². The fourth-order valence-electron chi connectivity index (χ4n) is 3.17. The third kappa shape index (κ3) is 4.01. The molecule has 0 unspecified atom stereocenters. The average molecular weight is 441 g/mol. The van der Waals surface area contributed by atoms with Crippen molar-refractivity contribution in [1.82, 2.24) is 10.6 Å². The van der Waals surface area contributed by atoms with Gasteiger partial charge in [0.25, 0.3) is 11.8 Å². The molecule has 2 N–H and O–H groups in total. The molecule has 6 nitrogen and oxygen atoms in total. The molecule has 3 aromatic carbocycles. The van der Waals surface area contributed by atoms with Crippen LogP contribution in [0.3, 0.4) is 0 Å². The zero-order valence-corrected chi connectivity index (χ0v) is 16.9. The second-order valence-corrected chi connectivity index (χ2v) is 7.37. The average Bonchev–Trinajstić information content (AvgIpc) is 2.70. The van der Waals surface area contributed by atoms with E-state index in [0.29, 0.717) is 10.6 Å². The number of halogens is 2. The fraction of sp³-hybridized carbons (Fsp3) is 0.0455. The minimum Gasteiger partial charge on any atom is -0.487 e. The molecule has 0 saturated carbocycles. The number of carbonyl (C=O) groups is 3. The maximum Gasteiger partial charge on any atom is 0.328 e. The molecule has 1 saturated heterocycles. The molecule has 8 heteroatoms. The van der Waals surface area contributed by atoms with Crippen molar-refractivity contribution < 1.29 is 19.1 Å². The Labute approximate surface area is 181 Å². The zero-order chi connectivity index (χ0) is 21.3. The van der Waals surface area contributed by atoms with Crippen LogP contribution in [0.2, 0.25) is 10.0 Å². The minimum atomic E-state index is -0.876. The number of ether oxygens (including phenoxy) is 1. The fourth-order valence-corrected chi connectivity index (χ4v) is 3.73.